The Balaban J connectivity index is 0.787. The third-order valence-corrected chi connectivity index (χ3v) is 27.7. The Hall–Kier alpha value is -8.28. The molecular formula is C71H84ClN13O12S6. The van der Waals surface area contributed by atoms with Crippen LogP contribution in [0, 0.1) is 27.7 Å². The summed E-state index contributed by atoms with van der Waals surface area (Å²) >= 11 is 6.31. The first kappa shape index (κ1) is 78.8. The van der Waals surface area contributed by atoms with Crippen molar-refractivity contribution in [2.45, 2.75) is 57.1 Å². The van der Waals surface area contributed by atoms with Gasteiger partial charge < -0.3 is 21.3 Å². The van der Waals surface area contributed by atoms with Crippen molar-refractivity contribution in [3.05, 3.63) is 246 Å². The maximum Gasteiger partial charge on any atom is 0.243 e. The highest BCUT2D eigenvalue weighted by molar-refractivity contribution is 7.90. The molecule has 4 N–H and O–H groups in total. The highest BCUT2D eigenvalue weighted by Crippen LogP contribution is 2.25. The first-order valence-corrected chi connectivity index (χ1v) is 41.9. The van der Waals surface area contributed by atoms with Gasteiger partial charge in [0.2, 0.25) is 77.3 Å². The quantitative estimate of drug-likeness (QED) is 0.0363. The predicted molar refractivity (Wildman–Crippen MR) is 404 cm³/mol. The van der Waals surface area contributed by atoms with Gasteiger partial charge in [-0.2, -0.15) is 40.8 Å². The van der Waals surface area contributed by atoms with E-state index >= 15 is 0 Å². The van der Waals surface area contributed by atoms with Gasteiger partial charge in [0.25, 0.3) is 0 Å². The lowest BCUT2D eigenvalue weighted by Crippen LogP contribution is -2.33. The highest BCUT2D eigenvalue weighted by atomic mass is 35.5. The summed E-state index contributed by atoms with van der Waals surface area (Å²) in [6.07, 6.45) is 19.2. The molecule has 9 rings (SSSR count). The maximum atomic E-state index is 14.4. The molecule has 0 aliphatic carbocycles. The van der Waals surface area contributed by atoms with Crippen molar-refractivity contribution in [2.24, 2.45) is 0 Å². The lowest BCUT2D eigenvalue weighted by molar-refractivity contribution is 0.465. The number of nitrogens with one attached hydrogen (secondary N) is 4. The van der Waals surface area contributed by atoms with Crippen LogP contribution in [0.15, 0.2) is 248 Å². The van der Waals surface area contributed by atoms with Crippen molar-refractivity contribution < 1.29 is 50.5 Å². The predicted octanol–water partition coefficient (Wildman–Crippen LogP) is 8.92. The molecule has 548 valence electrons. The summed E-state index contributed by atoms with van der Waals surface area (Å²) in [5.74, 6) is 0.347. The van der Waals surface area contributed by atoms with Crippen molar-refractivity contribution >= 4 is 95.0 Å². The third kappa shape index (κ3) is 21.4. The molecule has 0 radical (unpaired) electrons. The van der Waals surface area contributed by atoms with Crippen LogP contribution in [-0.4, -0.2) is 196 Å². The van der Waals surface area contributed by atoms with Gasteiger partial charge in [-0.25, -0.2) is 50.5 Å². The molecule has 7 aromatic rings. The van der Waals surface area contributed by atoms with Crippen LogP contribution in [0.5, 0.6) is 0 Å². The van der Waals surface area contributed by atoms with Crippen LogP contribution in [0.25, 0.3) is 0 Å². The molecule has 0 saturated carbocycles. The van der Waals surface area contributed by atoms with Crippen LogP contribution < -0.4 is 21.3 Å². The van der Waals surface area contributed by atoms with Gasteiger partial charge in [-0.1, -0.05) is 144 Å². The number of hydrogen-bond acceptors (Lipinski definition) is 19. The molecule has 103 heavy (non-hydrogen) atoms. The van der Waals surface area contributed by atoms with Gasteiger partial charge in [-0.15, -0.1) is 0 Å². The van der Waals surface area contributed by atoms with E-state index in [4.69, 9.17) is 11.6 Å². The molecule has 3 heterocycles. The Labute approximate surface area is 611 Å². The highest BCUT2D eigenvalue weighted by Gasteiger charge is 2.30. The van der Waals surface area contributed by atoms with E-state index in [1.807, 2.05) is 27.7 Å². The fourth-order valence-electron chi connectivity index (χ4n) is 10.4. The van der Waals surface area contributed by atoms with E-state index in [1.54, 1.807) is 146 Å². The monoisotopic (exact) mass is 1540 g/mol. The van der Waals surface area contributed by atoms with Gasteiger partial charge in [0.1, 0.15) is 0 Å². The number of sulfonamides is 6. The van der Waals surface area contributed by atoms with Gasteiger partial charge in [-0.05, 0) is 136 Å². The number of anilines is 4. The van der Waals surface area contributed by atoms with E-state index in [1.165, 1.54) is 98.6 Å². The van der Waals surface area contributed by atoms with Crippen molar-refractivity contribution in [1.29, 1.82) is 0 Å². The molecule has 0 atom stereocenters. The van der Waals surface area contributed by atoms with Crippen molar-refractivity contribution in [3.8, 4) is 0 Å². The Morgan fingerprint density at radius 2 is 0.427 bits per heavy atom. The van der Waals surface area contributed by atoms with Gasteiger partial charge in [0.05, 0.1) is 29.4 Å². The number of halogens is 1. The van der Waals surface area contributed by atoms with Gasteiger partial charge in [0.15, 0.2) is 0 Å². The lowest BCUT2D eigenvalue weighted by Gasteiger charge is -2.21. The number of benzene rings is 6. The number of nitrogens with zero attached hydrogens (tertiary/aromatic N) is 9. The Bertz CT molecular complexity index is 4430. The van der Waals surface area contributed by atoms with Crippen LogP contribution in [0.3, 0.4) is 0 Å². The Kier molecular flexibility index (Phi) is 27.5. The number of aromatic nitrogens is 3. The minimum absolute atomic E-state index is 0.0156. The Morgan fingerprint density at radius 1 is 0.262 bits per heavy atom. The van der Waals surface area contributed by atoms with Crippen LogP contribution >= 0.6 is 11.6 Å². The zero-order valence-corrected chi connectivity index (χ0v) is 63.0. The Morgan fingerprint density at radius 3 is 0.612 bits per heavy atom. The maximum absolute atomic E-state index is 14.4. The van der Waals surface area contributed by atoms with Crippen LogP contribution in [0.1, 0.15) is 22.3 Å². The first-order chi connectivity index (χ1) is 49.1. The molecule has 0 amide bonds. The topological polar surface area (TPSA) is 311 Å². The molecule has 0 fully saturated rings. The summed E-state index contributed by atoms with van der Waals surface area (Å²) in [5.41, 5.74) is 4.71. The first-order valence-electron chi connectivity index (χ1n) is 32.9. The van der Waals surface area contributed by atoms with Gasteiger partial charge >= 0.3 is 0 Å². The van der Waals surface area contributed by atoms with Crippen molar-refractivity contribution in [2.75, 3.05) is 126 Å². The second kappa shape index (κ2) is 35.9. The van der Waals surface area contributed by atoms with E-state index in [2.05, 4.69) is 36.2 Å². The second-order valence-electron chi connectivity index (χ2n) is 24.0. The minimum atomic E-state index is -4.18. The number of rotatable bonds is 22. The van der Waals surface area contributed by atoms with Crippen LogP contribution in [0.4, 0.5) is 23.3 Å². The average Bonchev–Trinajstić information content (AvgIpc) is 1.06. The average molecular weight is 1540 g/mol. The van der Waals surface area contributed by atoms with Gasteiger partial charge in [0, 0.05) is 116 Å². The molecule has 0 unspecified atom stereocenters. The molecule has 0 saturated heterocycles. The number of hydrogen-bond donors (Lipinski definition) is 4. The molecular weight excluding hydrogens is 1450 g/mol. The normalized spacial score (nSPS) is 18.3. The van der Waals surface area contributed by atoms with Gasteiger partial charge in [-0.3, -0.25) is 0 Å². The van der Waals surface area contributed by atoms with Crippen LogP contribution in [-0.2, 0) is 60.1 Å². The molecule has 6 aromatic carbocycles. The smallest absolute Gasteiger partial charge is 0.243 e. The molecule has 1 aromatic heterocycles. The fourth-order valence-corrected chi connectivity index (χ4v) is 18.6. The second-order valence-corrected chi connectivity index (χ2v) is 36.0. The molecule has 2 aliphatic rings. The summed E-state index contributed by atoms with van der Waals surface area (Å²) < 4.78 is 176. The molecule has 0 spiro atoms. The summed E-state index contributed by atoms with van der Waals surface area (Å²) in [4.78, 5) is 13.1. The fraction of sp³-hybridized carbons (Fsp3) is 0.282. The summed E-state index contributed by atoms with van der Waals surface area (Å²) in [5, 5.41) is 12.6. The lowest BCUT2D eigenvalue weighted by atomic mass is 10.2. The third-order valence-electron chi connectivity index (χ3n) is 16.4. The molecule has 0 bridgehead atoms. The van der Waals surface area contributed by atoms with Crippen molar-refractivity contribution in [3.63, 3.8) is 0 Å². The zero-order chi connectivity index (χ0) is 73.8. The largest absolute Gasteiger partial charge is 0.383 e. The van der Waals surface area contributed by atoms with E-state index in [0.717, 1.165) is 22.3 Å². The summed E-state index contributed by atoms with van der Waals surface area (Å²) in [7, 11) is -24.5. The van der Waals surface area contributed by atoms with E-state index in [0.29, 0.717) is 37.6 Å². The number of aryl methyl sites for hydroxylation is 4. The summed E-state index contributed by atoms with van der Waals surface area (Å²) in [6.45, 7) is 7.38. The van der Waals surface area contributed by atoms with E-state index < -0.39 is 60.1 Å². The van der Waals surface area contributed by atoms with Crippen LogP contribution in [0.2, 0.25) is 5.28 Å². The van der Waals surface area contributed by atoms with E-state index in [9.17, 15) is 50.5 Å². The zero-order valence-electron chi connectivity index (χ0n) is 57.3. The minimum Gasteiger partial charge on any atom is -0.383 e. The summed E-state index contributed by atoms with van der Waals surface area (Å²) in [6, 6.07) is 38.1. The molecule has 32 heteroatoms. The standard InChI is InChI=1S/C71H84ClN13O12S6/c1-57-17-29-63(30-18-57)98(86,87)80-45-5-6-46-81(99(88,89)64-31-19-58(2)20-32-64)50-10-14-54-84(53-13-9-49-80)102(94,95)67-37-25-61(26-38-67)73-41-43-75-70-77-69(72)78-71(79-70)76-44-42-74-62-27-39-68(40-28-62)103(96,97)85-55-15-11-51-82(100(90,91)65-33-21-59(3)22-34-65)47-7-8-48-83(52-12-16-56-85)101(92,93)66-35-23-60(4)24-36-66/h5-40,73-74H,41-56H2,1-4H3,(H2,75,76,77,78,79)/b6-5+,8-7+,13-9+,14-10+,15-11+,16-12+. The molecule has 2 aliphatic heterocycles. The van der Waals surface area contributed by atoms with Crippen molar-refractivity contribution in [1.82, 2.24) is 40.8 Å². The molecule has 25 nitrogen and oxygen atoms in total. The van der Waals surface area contributed by atoms with E-state index in [-0.39, 0.29) is 125 Å². The SMILES string of the molecule is Cc1ccc(S(=O)(=O)N2C/C=C/CN(S(=O)(=O)c3ccc(C)cc3)C/C=C/CN(S(=O)(=O)c3ccc(NCCNc4nc(Cl)nc(NCCNc5ccc(S(=O)(=O)N6C/C=C/CN(S(=O)(=O)c7ccc(C)cc7)C/C=C/CN(S(=O)(=O)c7ccc(C)cc7)C/C=C/C6)cc5)n4)cc3)C/C=C/C2)cc1.